The summed E-state index contributed by atoms with van der Waals surface area (Å²) in [6.45, 7) is 8.21. The van der Waals surface area contributed by atoms with Gasteiger partial charge in [0.1, 0.15) is 12.2 Å². The zero-order chi connectivity index (χ0) is 11.6. The average molecular weight is 216 g/mol. The molecule has 4 heteroatoms. The van der Waals surface area contributed by atoms with E-state index in [0.29, 0.717) is 0 Å². The van der Waals surface area contributed by atoms with Gasteiger partial charge in [0.25, 0.3) is 14.1 Å². The molecule has 0 aliphatic rings. The maximum atomic E-state index is 9.87. The Morgan fingerprint density at radius 1 is 1.07 bits per heavy atom. The molecule has 0 rings (SSSR count). The molecule has 0 heterocycles. The van der Waals surface area contributed by atoms with Crippen LogP contribution in [0.5, 0.6) is 0 Å². The van der Waals surface area contributed by atoms with E-state index >= 15 is 0 Å². The summed E-state index contributed by atoms with van der Waals surface area (Å²) in [6.07, 6.45) is -0.361. The molecule has 0 aromatic heterocycles. The van der Waals surface area contributed by atoms with Crippen LogP contribution in [0.25, 0.3) is 0 Å². The van der Waals surface area contributed by atoms with Gasteiger partial charge < -0.3 is 5.11 Å². The molecule has 0 unspecified atom stereocenters. The number of rotatable bonds is 5. The Morgan fingerprint density at radius 3 is 1.43 bits per heavy atom. The highest BCUT2D eigenvalue weighted by molar-refractivity contribution is 6.58. The van der Waals surface area contributed by atoms with Crippen LogP contribution in [0.2, 0.25) is 15.8 Å². The second-order valence-electron chi connectivity index (χ2n) is 3.36. The van der Waals surface area contributed by atoms with Crippen LogP contribution in [-0.2, 0) is 9.59 Å². The Kier molecular flexibility index (Phi) is 12.4. The molecule has 82 valence electrons. The van der Waals surface area contributed by atoms with Gasteiger partial charge in [0.15, 0.2) is 0 Å². The SMILES string of the molecule is CC(=O)CC(=O)O.C[CH2][Al]([CH2]C)[CH2]C. The smallest absolute Gasteiger partial charge is 0.310 e. The fourth-order valence-corrected chi connectivity index (χ4v) is 2.81. The normalized spacial score (nSPS) is 8.57. The summed E-state index contributed by atoms with van der Waals surface area (Å²) in [7, 11) is 0. The highest BCUT2D eigenvalue weighted by atomic mass is 27.2. The first-order chi connectivity index (χ1) is 6.47. The number of carbonyl (C=O) groups is 2. The quantitative estimate of drug-likeness (QED) is 0.567. The van der Waals surface area contributed by atoms with Gasteiger partial charge in [-0.3, -0.25) is 9.59 Å². The Labute approximate surface area is 90.9 Å². The van der Waals surface area contributed by atoms with Crippen LogP contribution < -0.4 is 0 Å². The summed E-state index contributed by atoms with van der Waals surface area (Å²) in [6, 6.07) is 0. The van der Waals surface area contributed by atoms with E-state index in [2.05, 4.69) is 20.8 Å². The number of carboxylic acids is 1. The van der Waals surface area contributed by atoms with Crippen LogP contribution in [0.1, 0.15) is 34.1 Å². The van der Waals surface area contributed by atoms with Gasteiger partial charge in [0, 0.05) is 0 Å². The minimum absolute atomic E-state index is 0.171. The molecular formula is C10H21AlO3. The van der Waals surface area contributed by atoms with Crippen molar-refractivity contribution in [3.05, 3.63) is 0 Å². The Morgan fingerprint density at radius 2 is 1.43 bits per heavy atom. The fourth-order valence-electron chi connectivity index (χ4n) is 1.08. The maximum Gasteiger partial charge on any atom is 0.310 e. The zero-order valence-electron chi connectivity index (χ0n) is 9.67. The molecule has 0 amide bonds. The summed E-state index contributed by atoms with van der Waals surface area (Å²) in [5.41, 5.74) is 0. The fraction of sp³-hybridized carbons (Fsp3) is 0.800. The van der Waals surface area contributed by atoms with Crippen molar-refractivity contribution in [2.24, 2.45) is 0 Å². The number of carbonyl (C=O) groups excluding carboxylic acids is 1. The van der Waals surface area contributed by atoms with Gasteiger partial charge in [-0.05, 0) is 6.92 Å². The van der Waals surface area contributed by atoms with Crippen molar-refractivity contribution in [2.75, 3.05) is 0 Å². The van der Waals surface area contributed by atoms with E-state index in [9.17, 15) is 9.59 Å². The van der Waals surface area contributed by atoms with Gasteiger partial charge in [0.2, 0.25) is 0 Å². The molecule has 3 nitrogen and oxygen atoms in total. The van der Waals surface area contributed by atoms with E-state index in [-0.39, 0.29) is 26.4 Å². The Bertz CT molecular complexity index is 147. The minimum Gasteiger partial charge on any atom is -0.481 e. The molecule has 0 aromatic carbocycles. The summed E-state index contributed by atoms with van der Waals surface area (Å²) < 4.78 is 0. The minimum atomic E-state index is -1.06. The number of hydrogen-bond donors (Lipinski definition) is 1. The molecule has 0 spiro atoms. The second-order valence-corrected chi connectivity index (χ2v) is 7.54. The first kappa shape index (κ1) is 16.1. The number of hydrogen-bond acceptors (Lipinski definition) is 2. The van der Waals surface area contributed by atoms with E-state index in [1.54, 1.807) is 0 Å². The van der Waals surface area contributed by atoms with Crippen molar-refractivity contribution in [1.29, 1.82) is 0 Å². The van der Waals surface area contributed by atoms with E-state index in [4.69, 9.17) is 5.11 Å². The average Bonchev–Trinajstić information content (AvgIpc) is 2.06. The molecule has 0 saturated carbocycles. The number of ketones is 1. The predicted octanol–water partition coefficient (Wildman–Crippen LogP) is 2.59. The number of carboxylic acid groups (broad SMARTS) is 1. The first-order valence-electron chi connectivity index (χ1n) is 5.19. The van der Waals surface area contributed by atoms with Gasteiger partial charge in [0.05, 0.1) is 0 Å². The van der Waals surface area contributed by atoms with Crippen LogP contribution in [0.4, 0.5) is 0 Å². The molecule has 0 aromatic rings. The highest BCUT2D eigenvalue weighted by Gasteiger charge is 2.05. The molecule has 1 N–H and O–H groups in total. The van der Waals surface area contributed by atoms with Crippen LogP contribution >= 0.6 is 0 Å². The van der Waals surface area contributed by atoms with Crippen molar-refractivity contribution >= 4 is 25.9 Å². The van der Waals surface area contributed by atoms with Crippen molar-refractivity contribution in [2.45, 2.75) is 50.0 Å². The van der Waals surface area contributed by atoms with Crippen LogP contribution in [0, 0.1) is 0 Å². The Hall–Kier alpha value is -0.328. The third-order valence-corrected chi connectivity index (χ3v) is 5.60. The highest BCUT2D eigenvalue weighted by Crippen LogP contribution is 2.01. The van der Waals surface area contributed by atoms with Crippen LogP contribution in [0.3, 0.4) is 0 Å². The van der Waals surface area contributed by atoms with E-state index in [1.807, 2.05) is 0 Å². The molecule has 0 fully saturated rings. The molecule has 0 atom stereocenters. The lowest BCUT2D eigenvalue weighted by atomic mass is 10.3. The van der Waals surface area contributed by atoms with Crippen molar-refractivity contribution in [3.8, 4) is 0 Å². The maximum absolute atomic E-state index is 9.87. The van der Waals surface area contributed by atoms with Crippen molar-refractivity contribution in [1.82, 2.24) is 0 Å². The van der Waals surface area contributed by atoms with Gasteiger partial charge in [-0.15, -0.1) is 0 Å². The Balaban J connectivity index is 0. The summed E-state index contributed by atoms with van der Waals surface area (Å²) in [4.78, 5) is 19.5. The van der Waals surface area contributed by atoms with Gasteiger partial charge in [-0.25, -0.2) is 0 Å². The topological polar surface area (TPSA) is 54.4 Å². The van der Waals surface area contributed by atoms with Crippen LogP contribution in [0.15, 0.2) is 0 Å². The standard InChI is InChI=1S/C4H6O3.3C2H5.Al/c1-3(5)2-4(6)7;3*1-2;/h2H2,1H3,(H,6,7);3*1H2,2H3;. The van der Waals surface area contributed by atoms with Crippen LogP contribution in [-0.4, -0.2) is 31.0 Å². The third-order valence-electron chi connectivity index (χ3n) is 2.13. The second kappa shape index (κ2) is 10.8. The number of aliphatic carboxylic acids is 1. The summed E-state index contributed by atoms with van der Waals surface area (Å²) in [5, 5.41) is 12.3. The monoisotopic (exact) mass is 216 g/mol. The molecule has 14 heavy (non-hydrogen) atoms. The molecule has 0 radical (unpaired) electrons. The molecule has 0 bridgehead atoms. The van der Waals surface area contributed by atoms with Crippen molar-refractivity contribution < 1.29 is 14.7 Å². The van der Waals surface area contributed by atoms with Gasteiger partial charge in [-0.2, -0.15) is 0 Å². The lowest BCUT2D eigenvalue weighted by Gasteiger charge is -1.97. The van der Waals surface area contributed by atoms with E-state index < -0.39 is 5.97 Å². The van der Waals surface area contributed by atoms with E-state index in [0.717, 1.165) is 0 Å². The summed E-state index contributed by atoms with van der Waals surface area (Å²) >= 11 is -0.171. The van der Waals surface area contributed by atoms with E-state index in [1.165, 1.54) is 22.8 Å². The lowest BCUT2D eigenvalue weighted by Crippen LogP contribution is -2.04. The van der Waals surface area contributed by atoms with Gasteiger partial charge >= 0.3 is 5.97 Å². The first-order valence-corrected chi connectivity index (χ1v) is 7.63. The largest absolute Gasteiger partial charge is 0.481 e. The van der Waals surface area contributed by atoms with Crippen molar-refractivity contribution in [3.63, 3.8) is 0 Å². The molecular weight excluding hydrogens is 195 g/mol. The zero-order valence-corrected chi connectivity index (χ0v) is 10.8. The predicted molar refractivity (Wildman–Crippen MR) is 60.1 cm³/mol. The number of Topliss-reactive ketones (excluding diaryl/α,β-unsaturated/α-hetero) is 1. The molecule has 0 aliphatic heterocycles. The lowest BCUT2D eigenvalue weighted by molar-refractivity contribution is -0.139. The molecule has 0 saturated heterocycles. The molecule has 0 aliphatic carbocycles. The van der Waals surface area contributed by atoms with Gasteiger partial charge in [-0.1, -0.05) is 36.6 Å². The summed E-state index contributed by atoms with van der Waals surface area (Å²) in [5.74, 6) is -1.37. The third kappa shape index (κ3) is 14.2.